The summed E-state index contributed by atoms with van der Waals surface area (Å²) in [7, 11) is 0. The van der Waals surface area contributed by atoms with E-state index in [1.165, 1.54) is 0 Å². The minimum Gasteiger partial charge on any atom is -0.356 e. The molecule has 0 amide bonds. The van der Waals surface area contributed by atoms with Gasteiger partial charge in [0.1, 0.15) is 11.4 Å². The first-order valence-corrected chi connectivity index (χ1v) is 4.24. The van der Waals surface area contributed by atoms with Gasteiger partial charge >= 0.3 is 0 Å². The average Bonchev–Trinajstić information content (AvgIpc) is 2.85. The Kier molecular flexibility index (Phi) is 1.41. The minimum atomic E-state index is 0.745. The molecule has 4 heteroatoms. The Hall–Kier alpha value is -2.10. The van der Waals surface area contributed by atoms with E-state index in [-0.39, 0.29) is 0 Å². The molecule has 0 N–H and O–H groups in total. The van der Waals surface area contributed by atoms with Gasteiger partial charge in [-0.2, -0.15) is 5.43 Å². The zero-order valence-electron chi connectivity index (χ0n) is 7.21. The van der Waals surface area contributed by atoms with Gasteiger partial charge < -0.3 is 4.52 Å². The van der Waals surface area contributed by atoms with Crippen LogP contribution in [0.15, 0.2) is 46.2 Å². The fourth-order valence-electron chi connectivity index (χ4n) is 1.43. The molecule has 4 nitrogen and oxygen atoms in total. The van der Waals surface area contributed by atoms with E-state index >= 15 is 0 Å². The van der Waals surface area contributed by atoms with Gasteiger partial charge in [0.2, 0.25) is 0 Å². The van der Waals surface area contributed by atoms with E-state index in [1.54, 1.807) is 6.20 Å². The van der Waals surface area contributed by atoms with Gasteiger partial charge in [-0.05, 0) is 18.2 Å². The van der Waals surface area contributed by atoms with Crippen molar-refractivity contribution >= 4 is 16.7 Å². The maximum absolute atomic E-state index is 5.16. The summed E-state index contributed by atoms with van der Waals surface area (Å²) in [5, 5.41) is 8.86. The van der Waals surface area contributed by atoms with Crippen molar-refractivity contribution < 1.29 is 4.52 Å². The van der Waals surface area contributed by atoms with Crippen molar-refractivity contribution in [2.45, 2.75) is 0 Å². The first-order valence-electron chi connectivity index (χ1n) is 4.24. The summed E-state index contributed by atoms with van der Waals surface area (Å²) in [5.41, 5.74) is 6.02. The highest BCUT2D eigenvalue weighted by molar-refractivity contribution is 6.14. The molecule has 1 radical (unpaired) electrons. The summed E-state index contributed by atoms with van der Waals surface area (Å²) in [4.78, 5) is 0. The second-order valence-corrected chi connectivity index (χ2v) is 2.94. The summed E-state index contributed by atoms with van der Waals surface area (Å²) >= 11 is 0. The van der Waals surface area contributed by atoms with Crippen molar-refractivity contribution in [3.63, 3.8) is 0 Å². The molecule has 14 heavy (non-hydrogen) atoms. The predicted octanol–water partition coefficient (Wildman–Crippen LogP) is 1.66. The Morgan fingerprint density at radius 1 is 1.14 bits per heavy atom. The van der Waals surface area contributed by atoms with Gasteiger partial charge in [0, 0.05) is 0 Å². The van der Waals surface area contributed by atoms with Crippen LogP contribution in [0, 0.1) is 0 Å². The molecule has 2 aromatic rings. The van der Waals surface area contributed by atoms with Crippen LogP contribution in [-0.4, -0.2) is 10.9 Å². The van der Waals surface area contributed by atoms with Crippen LogP contribution in [0.2, 0.25) is 0 Å². The summed E-state index contributed by atoms with van der Waals surface area (Å²) in [5.74, 6) is 0. The Labute approximate surface area is 79.9 Å². The van der Waals surface area contributed by atoms with Crippen LogP contribution in [-0.2, 0) is 0 Å². The van der Waals surface area contributed by atoms with E-state index in [0.29, 0.717) is 0 Å². The van der Waals surface area contributed by atoms with E-state index in [4.69, 9.17) is 4.52 Å². The monoisotopic (exact) mass is 184 g/mol. The Bertz CT molecular complexity index is 539. The van der Waals surface area contributed by atoms with Crippen LogP contribution >= 0.6 is 0 Å². The van der Waals surface area contributed by atoms with E-state index in [9.17, 15) is 0 Å². The summed E-state index contributed by atoms with van der Waals surface area (Å²) in [6.45, 7) is 0. The standard InChI is InChI=1S/C10H6N3O/c1-2-4-9-7(3-1)10(13-14-9)8-5-6-11-12-8/h1-6H. The van der Waals surface area contributed by atoms with Crippen molar-refractivity contribution in [3.05, 3.63) is 42.2 Å². The molecule has 0 fully saturated rings. The molecule has 0 atom stereocenters. The third kappa shape index (κ3) is 0.939. The maximum atomic E-state index is 5.16. The van der Waals surface area contributed by atoms with Crippen molar-refractivity contribution in [2.75, 3.05) is 0 Å². The van der Waals surface area contributed by atoms with Gasteiger partial charge in [-0.3, -0.25) is 0 Å². The molecule has 2 heterocycles. The molecular formula is C10H6N3O. The normalized spacial score (nSPS) is 14.4. The SMILES string of the molecule is C1=CC(c2noc3ccccc23)=N[N]1. The fraction of sp³-hybridized carbons (Fsp3) is 0. The van der Waals surface area contributed by atoms with Gasteiger partial charge in [-0.1, -0.05) is 17.3 Å². The number of nitrogens with zero attached hydrogens (tertiary/aromatic N) is 3. The predicted molar refractivity (Wildman–Crippen MR) is 51.8 cm³/mol. The lowest BCUT2D eigenvalue weighted by Crippen LogP contribution is -1.94. The maximum Gasteiger partial charge on any atom is 0.167 e. The lowest BCUT2D eigenvalue weighted by Gasteiger charge is -1.89. The highest BCUT2D eigenvalue weighted by atomic mass is 16.5. The molecule has 1 aromatic carbocycles. The Morgan fingerprint density at radius 3 is 2.93 bits per heavy atom. The highest BCUT2D eigenvalue weighted by Crippen LogP contribution is 2.19. The quantitative estimate of drug-likeness (QED) is 0.676. The molecule has 0 bridgehead atoms. The zero-order valence-corrected chi connectivity index (χ0v) is 7.21. The molecular weight excluding hydrogens is 178 g/mol. The number of aromatic nitrogens is 1. The van der Waals surface area contributed by atoms with Crippen molar-refractivity contribution in [2.24, 2.45) is 5.10 Å². The zero-order chi connectivity index (χ0) is 9.38. The number of rotatable bonds is 1. The molecule has 0 saturated heterocycles. The van der Waals surface area contributed by atoms with Crippen LogP contribution < -0.4 is 5.43 Å². The third-order valence-corrected chi connectivity index (χ3v) is 2.08. The summed E-state index contributed by atoms with van der Waals surface area (Å²) < 4.78 is 5.16. The third-order valence-electron chi connectivity index (χ3n) is 2.08. The number of allylic oxidation sites excluding steroid dienone is 1. The molecule has 3 rings (SSSR count). The molecule has 1 aliphatic rings. The number of fused-ring (bicyclic) bond motifs is 1. The highest BCUT2D eigenvalue weighted by Gasteiger charge is 2.13. The van der Waals surface area contributed by atoms with Crippen LogP contribution in [0.1, 0.15) is 5.69 Å². The lowest BCUT2D eigenvalue weighted by molar-refractivity contribution is 0.455. The number of hydrogen-bond acceptors (Lipinski definition) is 3. The van der Waals surface area contributed by atoms with Gasteiger partial charge in [-0.25, -0.2) is 0 Å². The first-order chi connectivity index (χ1) is 6.95. The van der Waals surface area contributed by atoms with Crippen LogP contribution in [0.25, 0.3) is 11.0 Å². The topological polar surface area (TPSA) is 52.5 Å². The van der Waals surface area contributed by atoms with Gasteiger partial charge in [0.15, 0.2) is 5.58 Å². The number of para-hydroxylation sites is 1. The number of benzene rings is 1. The van der Waals surface area contributed by atoms with Crippen LogP contribution in [0.5, 0.6) is 0 Å². The molecule has 1 aliphatic heterocycles. The largest absolute Gasteiger partial charge is 0.356 e. The van der Waals surface area contributed by atoms with Gasteiger partial charge in [0.25, 0.3) is 0 Å². The number of hydrogen-bond donors (Lipinski definition) is 0. The smallest absolute Gasteiger partial charge is 0.167 e. The van der Waals surface area contributed by atoms with E-state index < -0.39 is 0 Å². The Balaban J connectivity index is 2.26. The van der Waals surface area contributed by atoms with Crippen LogP contribution in [0.3, 0.4) is 0 Å². The van der Waals surface area contributed by atoms with Crippen molar-refractivity contribution in [3.8, 4) is 0 Å². The van der Waals surface area contributed by atoms with Crippen LogP contribution in [0.4, 0.5) is 0 Å². The minimum absolute atomic E-state index is 0.745. The van der Waals surface area contributed by atoms with Gasteiger partial charge in [0.05, 0.1) is 11.6 Å². The molecule has 67 valence electrons. The second-order valence-electron chi connectivity index (χ2n) is 2.94. The molecule has 0 spiro atoms. The van der Waals surface area contributed by atoms with Gasteiger partial charge in [-0.15, -0.1) is 5.10 Å². The van der Waals surface area contributed by atoms with E-state index in [2.05, 4.69) is 15.7 Å². The molecule has 1 aromatic heterocycles. The molecule has 0 saturated carbocycles. The molecule has 0 unspecified atom stereocenters. The lowest BCUT2D eigenvalue weighted by atomic mass is 10.1. The fourth-order valence-corrected chi connectivity index (χ4v) is 1.43. The Morgan fingerprint density at radius 2 is 2.07 bits per heavy atom. The van der Waals surface area contributed by atoms with Crippen molar-refractivity contribution in [1.29, 1.82) is 0 Å². The van der Waals surface area contributed by atoms with E-state index in [1.807, 2.05) is 30.3 Å². The molecule has 0 aliphatic carbocycles. The summed E-state index contributed by atoms with van der Waals surface area (Å²) in [6, 6.07) is 7.69. The van der Waals surface area contributed by atoms with E-state index in [0.717, 1.165) is 22.4 Å². The second kappa shape index (κ2) is 2.70. The summed E-state index contributed by atoms with van der Waals surface area (Å²) in [6.07, 6.45) is 3.45. The van der Waals surface area contributed by atoms with Crippen molar-refractivity contribution in [1.82, 2.24) is 10.6 Å². The average molecular weight is 184 g/mol. The first kappa shape index (κ1) is 7.32.